The fourth-order valence-corrected chi connectivity index (χ4v) is 2.17. The van der Waals surface area contributed by atoms with Gasteiger partial charge in [-0.1, -0.05) is 35.9 Å². The van der Waals surface area contributed by atoms with E-state index < -0.39 is 17.3 Å². The maximum absolute atomic E-state index is 12.5. The summed E-state index contributed by atoms with van der Waals surface area (Å²) >= 11 is 5.92. The molecule has 0 saturated heterocycles. The molecule has 2 N–H and O–H groups in total. The maximum atomic E-state index is 12.5. The van der Waals surface area contributed by atoms with E-state index in [0.717, 1.165) is 17.7 Å². The highest BCUT2D eigenvalue weighted by atomic mass is 35.5. The summed E-state index contributed by atoms with van der Waals surface area (Å²) in [7, 11) is 0. The zero-order chi connectivity index (χ0) is 15.0. The van der Waals surface area contributed by atoms with E-state index in [9.17, 15) is 13.2 Å². The molecule has 106 valence electrons. The highest BCUT2D eigenvalue weighted by molar-refractivity contribution is 6.30. The van der Waals surface area contributed by atoms with Crippen LogP contribution in [0.5, 0.6) is 0 Å². The molecule has 1 nitrogen and oxygen atoms in total. The Balaban J connectivity index is 2.39. The Bertz CT molecular complexity index is 603. The fourth-order valence-electron chi connectivity index (χ4n) is 1.98. The smallest absolute Gasteiger partial charge is 0.318 e. The quantitative estimate of drug-likeness (QED) is 0.863. The van der Waals surface area contributed by atoms with Gasteiger partial charge in [0, 0.05) is 5.02 Å². The molecule has 0 aliphatic heterocycles. The van der Waals surface area contributed by atoms with Gasteiger partial charge in [0.15, 0.2) is 0 Å². The third-order valence-corrected chi connectivity index (χ3v) is 3.47. The summed E-state index contributed by atoms with van der Waals surface area (Å²) in [6.07, 6.45) is -4.35. The van der Waals surface area contributed by atoms with Gasteiger partial charge in [0.25, 0.3) is 0 Å². The molecule has 0 aliphatic carbocycles. The highest BCUT2D eigenvalue weighted by Gasteiger charge is 2.31. The molecular formula is C15H13ClF3N. The zero-order valence-corrected chi connectivity index (χ0v) is 11.5. The van der Waals surface area contributed by atoms with Gasteiger partial charge in [-0.15, -0.1) is 0 Å². The zero-order valence-electron chi connectivity index (χ0n) is 10.7. The standard InChI is InChI=1S/C15H13ClF3N/c1-14(20,12-3-2-4-13(16)9-12)10-5-7-11(8-6-10)15(17,18)19/h2-9H,20H2,1H3. The minimum Gasteiger partial charge on any atom is -0.318 e. The topological polar surface area (TPSA) is 26.0 Å². The molecule has 0 fully saturated rings. The van der Waals surface area contributed by atoms with Crippen LogP contribution in [-0.2, 0) is 11.7 Å². The molecule has 0 aliphatic rings. The van der Waals surface area contributed by atoms with Gasteiger partial charge in [0.2, 0.25) is 0 Å². The van der Waals surface area contributed by atoms with Gasteiger partial charge < -0.3 is 5.73 Å². The molecular weight excluding hydrogens is 287 g/mol. The number of alkyl halides is 3. The van der Waals surface area contributed by atoms with Gasteiger partial charge in [-0.25, -0.2) is 0 Å². The Morgan fingerprint density at radius 2 is 1.45 bits per heavy atom. The third-order valence-electron chi connectivity index (χ3n) is 3.24. The molecule has 0 spiro atoms. The van der Waals surface area contributed by atoms with Crippen molar-refractivity contribution in [3.05, 3.63) is 70.2 Å². The molecule has 2 rings (SSSR count). The number of rotatable bonds is 2. The van der Waals surface area contributed by atoms with Gasteiger partial charge >= 0.3 is 6.18 Å². The molecule has 20 heavy (non-hydrogen) atoms. The molecule has 2 aromatic carbocycles. The molecule has 1 unspecified atom stereocenters. The second-order valence-electron chi connectivity index (χ2n) is 4.79. The predicted octanol–water partition coefficient (Wildman–Crippen LogP) is 4.58. The summed E-state index contributed by atoms with van der Waals surface area (Å²) in [5.41, 5.74) is 5.98. The fraction of sp³-hybridized carbons (Fsp3) is 0.200. The van der Waals surface area contributed by atoms with Crippen LogP contribution in [0, 0.1) is 0 Å². The van der Waals surface area contributed by atoms with Crippen LogP contribution >= 0.6 is 11.6 Å². The van der Waals surface area contributed by atoms with Gasteiger partial charge in [0.05, 0.1) is 11.1 Å². The Labute approximate surface area is 120 Å². The Kier molecular flexibility index (Phi) is 3.80. The van der Waals surface area contributed by atoms with E-state index in [2.05, 4.69) is 0 Å². The molecule has 0 bridgehead atoms. The first-order chi connectivity index (χ1) is 9.21. The summed E-state index contributed by atoms with van der Waals surface area (Å²) in [6, 6.07) is 11.8. The average Bonchev–Trinajstić information content (AvgIpc) is 2.38. The number of hydrogen-bond donors (Lipinski definition) is 1. The van der Waals surface area contributed by atoms with Crippen LogP contribution in [0.1, 0.15) is 23.6 Å². The van der Waals surface area contributed by atoms with Crippen molar-refractivity contribution in [3.8, 4) is 0 Å². The number of halogens is 4. The van der Waals surface area contributed by atoms with E-state index in [-0.39, 0.29) is 0 Å². The van der Waals surface area contributed by atoms with E-state index >= 15 is 0 Å². The lowest BCUT2D eigenvalue weighted by Gasteiger charge is -2.26. The van der Waals surface area contributed by atoms with Crippen molar-refractivity contribution in [1.82, 2.24) is 0 Å². The normalized spacial score (nSPS) is 14.9. The monoisotopic (exact) mass is 299 g/mol. The van der Waals surface area contributed by atoms with Crippen molar-refractivity contribution in [1.29, 1.82) is 0 Å². The van der Waals surface area contributed by atoms with E-state index in [1.165, 1.54) is 12.1 Å². The summed E-state index contributed by atoms with van der Waals surface area (Å²) in [4.78, 5) is 0. The van der Waals surface area contributed by atoms with E-state index in [1.54, 1.807) is 31.2 Å². The van der Waals surface area contributed by atoms with Crippen molar-refractivity contribution >= 4 is 11.6 Å². The minimum atomic E-state index is -4.35. The average molecular weight is 300 g/mol. The second-order valence-corrected chi connectivity index (χ2v) is 5.22. The Morgan fingerprint density at radius 3 is 1.95 bits per heavy atom. The van der Waals surface area contributed by atoms with Crippen LogP contribution in [0.4, 0.5) is 13.2 Å². The lowest BCUT2D eigenvalue weighted by molar-refractivity contribution is -0.137. The molecule has 0 radical (unpaired) electrons. The van der Waals surface area contributed by atoms with E-state index in [0.29, 0.717) is 10.6 Å². The van der Waals surface area contributed by atoms with Crippen LogP contribution in [0.25, 0.3) is 0 Å². The summed E-state index contributed by atoms with van der Waals surface area (Å²) in [5, 5.41) is 0.533. The van der Waals surface area contributed by atoms with Gasteiger partial charge in [-0.2, -0.15) is 13.2 Å². The molecule has 2 aromatic rings. The molecule has 5 heteroatoms. The molecule has 0 aromatic heterocycles. The van der Waals surface area contributed by atoms with Crippen molar-refractivity contribution in [2.24, 2.45) is 5.73 Å². The minimum absolute atomic E-state index is 0.533. The number of hydrogen-bond acceptors (Lipinski definition) is 1. The van der Waals surface area contributed by atoms with Crippen LogP contribution < -0.4 is 5.73 Å². The molecule has 1 atom stereocenters. The first-order valence-electron chi connectivity index (χ1n) is 5.94. The van der Waals surface area contributed by atoms with Crippen molar-refractivity contribution in [3.63, 3.8) is 0 Å². The highest BCUT2D eigenvalue weighted by Crippen LogP contribution is 2.32. The molecule has 0 amide bonds. The van der Waals surface area contributed by atoms with Gasteiger partial charge in [-0.05, 0) is 42.3 Å². The van der Waals surface area contributed by atoms with E-state index in [4.69, 9.17) is 17.3 Å². The summed E-state index contributed by atoms with van der Waals surface area (Å²) in [5.74, 6) is 0. The first kappa shape index (κ1) is 14.9. The lowest BCUT2D eigenvalue weighted by Crippen LogP contribution is -2.34. The second kappa shape index (κ2) is 5.11. The maximum Gasteiger partial charge on any atom is 0.416 e. The van der Waals surface area contributed by atoms with Crippen molar-refractivity contribution < 1.29 is 13.2 Å². The molecule has 0 saturated carbocycles. The predicted molar refractivity (Wildman–Crippen MR) is 73.5 cm³/mol. The van der Waals surface area contributed by atoms with Crippen LogP contribution in [0.2, 0.25) is 5.02 Å². The van der Waals surface area contributed by atoms with Crippen LogP contribution in [-0.4, -0.2) is 0 Å². The molecule has 0 heterocycles. The van der Waals surface area contributed by atoms with Crippen LogP contribution in [0.3, 0.4) is 0 Å². The Morgan fingerprint density at radius 1 is 0.900 bits per heavy atom. The SMILES string of the molecule is CC(N)(c1ccc(C(F)(F)F)cc1)c1cccc(Cl)c1. The Hall–Kier alpha value is -1.52. The van der Waals surface area contributed by atoms with Gasteiger partial charge in [-0.3, -0.25) is 0 Å². The first-order valence-corrected chi connectivity index (χ1v) is 6.32. The van der Waals surface area contributed by atoms with Crippen molar-refractivity contribution in [2.45, 2.75) is 18.6 Å². The lowest BCUT2D eigenvalue weighted by atomic mass is 9.85. The van der Waals surface area contributed by atoms with Crippen LogP contribution in [0.15, 0.2) is 48.5 Å². The van der Waals surface area contributed by atoms with Gasteiger partial charge in [0.1, 0.15) is 0 Å². The van der Waals surface area contributed by atoms with Crippen molar-refractivity contribution in [2.75, 3.05) is 0 Å². The largest absolute Gasteiger partial charge is 0.416 e. The number of nitrogens with two attached hydrogens (primary N) is 1. The number of benzene rings is 2. The summed E-state index contributed by atoms with van der Waals surface area (Å²) < 4.78 is 37.6. The third kappa shape index (κ3) is 2.97. The van der Waals surface area contributed by atoms with E-state index in [1.807, 2.05) is 0 Å². The summed E-state index contributed by atoms with van der Waals surface area (Å²) in [6.45, 7) is 1.74.